The van der Waals surface area contributed by atoms with Crippen molar-refractivity contribution in [3.05, 3.63) is 24.3 Å². The van der Waals surface area contributed by atoms with E-state index in [1.54, 1.807) is 7.11 Å². The zero-order valence-electron chi connectivity index (χ0n) is 14.0. The Morgan fingerprint density at radius 2 is 2.09 bits per heavy atom. The van der Waals surface area contributed by atoms with Crippen LogP contribution in [0, 0.1) is 0 Å². The molecule has 0 aliphatic carbocycles. The molecule has 1 amide bonds. The monoisotopic (exact) mass is 305 g/mol. The van der Waals surface area contributed by atoms with Crippen molar-refractivity contribution in [1.29, 1.82) is 0 Å². The van der Waals surface area contributed by atoms with Gasteiger partial charge in [0, 0.05) is 32.8 Å². The van der Waals surface area contributed by atoms with Crippen LogP contribution in [0.4, 0.5) is 11.4 Å². The number of methoxy groups -OCH3 is 1. The van der Waals surface area contributed by atoms with Crippen molar-refractivity contribution in [3.63, 3.8) is 0 Å². The Bertz CT molecular complexity index is 506. The van der Waals surface area contributed by atoms with Crippen LogP contribution in [-0.4, -0.2) is 51.8 Å². The number of nitrogens with zero attached hydrogens (tertiary/aromatic N) is 2. The fourth-order valence-electron chi connectivity index (χ4n) is 2.93. The first-order valence-electron chi connectivity index (χ1n) is 7.88. The third kappa shape index (κ3) is 3.91. The summed E-state index contributed by atoms with van der Waals surface area (Å²) < 4.78 is 5.07. The van der Waals surface area contributed by atoms with Crippen molar-refractivity contribution in [1.82, 2.24) is 5.32 Å². The SMILES string of the molecule is COCC(C)NC(=O)CN1c2ccccc2N(C)CCC1C. The van der Waals surface area contributed by atoms with E-state index >= 15 is 0 Å². The van der Waals surface area contributed by atoms with Gasteiger partial charge in [-0.1, -0.05) is 12.1 Å². The predicted molar refractivity (Wildman–Crippen MR) is 90.6 cm³/mol. The van der Waals surface area contributed by atoms with Gasteiger partial charge in [0.25, 0.3) is 0 Å². The molecule has 0 radical (unpaired) electrons. The van der Waals surface area contributed by atoms with Crippen molar-refractivity contribution in [3.8, 4) is 0 Å². The molecule has 22 heavy (non-hydrogen) atoms. The van der Waals surface area contributed by atoms with Gasteiger partial charge in [-0.2, -0.15) is 0 Å². The largest absolute Gasteiger partial charge is 0.383 e. The standard InChI is InChI=1S/C17H27N3O2/c1-13(12-22-4)18-17(21)11-20-14(2)9-10-19(3)15-7-5-6-8-16(15)20/h5-8,13-14H,9-12H2,1-4H3,(H,18,21). The summed E-state index contributed by atoms with van der Waals surface area (Å²) in [6, 6.07) is 8.64. The molecule has 122 valence electrons. The minimum absolute atomic E-state index is 0.0256. The maximum absolute atomic E-state index is 12.3. The highest BCUT2D eigenvalue weighted by Gasteiger charge is 2.25. The topological polar surface area (TPSA) is 44.8 Å². The van der Waals surface area contributed by atoms with Crippen molar-refractivity contribution < 1.29 is 9.53 Å². The molecule has 1 aliphatic rings. The number of hydrogen-bond acceptors (Lipinski definition) is 4. The second-order valence-corrected chi connectivity index (χ2v) is 6.10. The lowest BCUT2D eigenvalue weighted by molar-refractivity contribution is -0.120. The van der Waals surface area contributed by atoms with Gasteiger partial charge in [0.1, 0.15) is 0 Å². The van der Waals surface area contributed by atoms with Crippen molar-refractivity contribution >= 4 is 17.3 Å². The van der Waals surface area contributed by atoms with Gasteiger partial charge >= 0.3 is 0 Å². The second-order valence-electron chi connectivity index (χ2n) is 6.10. The summed E-state index contributed by atoms with van der Waals surface area (Å²) in [7, 11) is 3.75. The van der Waals surface area contributed by atoms with Gasteiger partial charge in [-0.25, -0.2) is 0 Å². The normalized spacial score (nSPS) is 19.4. The first kappa shape index (κ1) is 16.6. The van der Waals surface area contributed by atoms with Crippen LogP contribution in [0.5, 0.6) is 0 Å². The van der Waals surface area contributed by atoms with Gasteiger partial charge in [-0.3, -0.25) is 4.79 Å². The Kier molecular flexibility index (Phi) is 5.66. The summed E-state index contributed by atoms with van der Waals surface area (Å²) in [6.07, 6.45) is 1.03. The average Bonchev–Trinajstić information content (AvgIpc) is 2.60. The summed E-state index contributed by atoms with van der Waals surface area (Å²) in [5.74, 6) is 0.0377. The maximum Gasteiger partial charge on any atom is 0.239 e. The van der Waals surface area contributed by atoms with E-state index in [9.17, 15) is 4.79 Å². The molecule has 2 rings (SSSR count). The lowest BCUT2D eigenvalue weighted by atomic mass is 10.2. The van der Waals surface area contributed by atoms with Crippen molar-refractivity contribution in [2.24, 2.45) is 0 Å². The number of hydrogen-bond donors (Lipinski definition) is 1. The van der Waals surface area contributed by atoms with Gasteiger partial charge in [0.05, 0.1) is 24.5 Å². The first-order valence-corrected chi connectivity index (χ1v) is 7.88. The average molecular weight is 305 g/mol. The van der Waals surface area contributed by atoms with E-state index in [0.717, 1.165) is 18.7 Å². The molecule has 5 nitrogen and oxygen atoms in total. The Morgan fingerprint density at radius 1 is 1.41 bits per heavy atom. The number of para-hydroxylation sites is 2. The Hall–Kier alpha value is -1.75. The molecular weight excluding hydrogens is 278 g/mol. The number of anilines is 2. The van der Waals surface area contributed by atoms with Crippen molar-refractivity contribution in [2.45, 2.75) is 32.4 Å². The number of benzene rings is 1. The summed E-state index contributed by atoms with van der Waals surface area (Å²) >= 11 is 0. The molecule has 0 fully saturated rings. The molecule has 1 aliphatic heterocycles. The minimum Gasteiger partial charge on any atom is -0.383 e. The maximum atomic E-state index is 12.3. The van der Waals surface area contributed by atoms with E-state index in [4.69, 9.17) is 4.74 Å². The molecule has 2 atom stereocenters. The van der Waals surface area contributed by atoms with E-state index in [1.165, 1.54) is 5.69 Å². The predicted octanol–water partition coefficient (Wildman–Crippen LogP) is 1.87. The van der Waals surface area contributed by atoms with E-state index in [2.05, 4.69) is 41.2 Å². The smallest absolute Gasteiger partial charge is 0.239 e. The third-order valence-corrected chi connectivity index (χ3v) is 4.15. The van der Waals surface area contributed by atoms with Crippen LogP contribution in [0.3, 0.4) is 0 Å². The van der Waals surface area contributed by atoms with Crippen LogP contribution in [0.25, 0.3) is 0 Å². The third-order valence-electron chi connectivity index (χ3n) is 4.15. The minimum atomic E-state index is 0.0256. The van der Waals surface area contributed by atoms with Crippen LogP contribution < -0.4 is 15.1 Å². The summed E-state index contributed by atoms with van der Waals surface area (Å²) in [4.78, 5) is 16.8. The lowest BCUT2D eigenvalue weighted by Crippen LogP contribution is -2.45. The lowest BCUT2D eigenvalue weighted by Gasteiger charge is -2.30. The van der Waals surface area contributed by atoms with Gasteiger partial charge in [-0.05, 0) is 32.4 Å². The number of rotatable bonds is 5. The number of carbonyl (C=O) groups is 1. The van der Waals surface area contributed by atoms with Crippen LogP contribution in [0.15, 0.2) is 24.3 Å². The Balaban J connectivity index is 2.14. The Labute approximate surface area is 133 Å². The van der Waals surface area contributed by atoms with Crippen LogP contribution in [0.1, 0.15) is 20.3 Å². The second kappa shape index (κ2) is 7.49. The van der Waals surface area contributed by atoms with E-state index in [1.807, 2.05) is 19.1 Å². The molecule has 5 heteroatoms. The molecular formula is C17H27N3O2. The molecule has 1 heterocycles. The summed E-state index contributed by atoms with van der Waals surface area (Å²) in [6.45, 7) is 6.04. The zero-order chi connectivity index (χ0) is 16.1. The van der Waals surface area contributed by atoms with E-state index in [0.29, 0.717) is 19.2 Å². The number of carbonyl (C=O) groups excluding carboxylic acids is 1. The number of nitrogens with one attached hydrogen (secondary N) is 1. The number of fused-ring (bicyclic) bond motifs is 1. The molecule has 1 aromatic rings. The zero-order valence-corrected chi connectivity index (χ0v) is 14.0. The summed E-state index contributed by atoms with van der Waals surface area (Å²) in [5.41, 5.74) is 2.31. The highest BCUT2D eigenvalue weighted by Crippen LogP contribution is 2.33. The van der Waals surface area contributed by atoms with Gasteiger partial charge in [0.2, 0.25) is 5.91 Å². The van der Waals surface area contributed by atoms with Crippen LogP contribution >= 0.6 is 0 Å². The van der Waals surface area contributed by atoms with Crippen molar-refractivity contribution in [2.75, 3.05) is 43.7 Å². The van der Waals surface area contributed by atoms with Gasteiger partial charge in [-0.15, -0.1) is 0 Å². The molecule has 1 aromatic carbocycles. The molecule has 2 unspecified atom stereocenters. The fourth-order valence-corrected chi connectivity index (χ4v) is 2.93. The molecule has 0 bridgehead atoms. The first-order chi connectivity index (χ1) is 10.5. The molecule has 1 N–H and O–H groups in total. The molecule has 0 saturated carbocycles. The van der Waals surface area contributed by atoms with Crippen LogP contribution in [-0.2, 0) is 9.53 Å². The Morgan fingerprint density at radius 3 is 2.77 bits per heavy atom. The molecule has 0 saturated heterocycles. The van der Waals surface area contributed by atoms with E-state index < -0.39 is 0 Å². The summed E-state index contributed by atoms with van der Waals surface area (Å²) in [5, 5.41) is 2.99. The number of amides is 1. The van der Waals surface area contributed by atoms with Crippen LogP contribution in [0.2, 0.25) is 0 Å². The quantitative estimate of drug-likeness (QED) is 0.902. The highest BCUT2D eigenvalue weighted by molar-refractivity contribution is 5.84. The fraction of sp³-hybridized carbons (Fsp3) is 0.588. The van der Waals surface area contributed by atoms with Gasteiger partial charge in [0.15, 0.2) is 0 Å². The van der Waals surface area contributed by atoms with Gasteiger partial charge < -0.3 is 19.9 Å². The number of ether oxygens (including phenoxy) is 1. The molecule has 0 spiro atoms. The van der Waals surface area contributed by atoms with E-state index in [-0.39, 0.29) is 11.9 Å². The molecule has 0 aromatic heterocycles. The highest BCUT2D eigenvalue weighted by atomic mass is 16.5.